The molecule has 0 heterocycles. The van der Waals surface area contributed by atoms with Crippen molar-refractivity contribution in [1.29, 1.82) is 0 Å². The van der Waals surface area contributed by atoms with Gasteiger partial charge in [-0.15, -0.1) is 0 Å². The predicted molar refractivity (Wildman–Crippen MR) is 59.9 cm³/mol. The smallest absolute Gasteiger partial charge is 0.0134 e. The number of allylic oxidation sites excluding steroid dienone is 4. The lowest BCUT2D eigenvalue weighted by Crippen LogP contribution is -2.25. The first kappa shape index (κ1) is 8.76. The van der Waals surface area contributed by atoms with Crippen LogP contribution in [0.5, 0.6) is 0 Å². The molecule has 0 saturated heterocycles. The molecule has 3 aliphatic rings. The van der Waals surface area contributed by atoms with Crippen molar-refractivity contribution < 1.29 is 0 Å². The van der Waals surface area contributed by atoms with E-state index in [9.17, 15) is 0 Å². The van der Waals surface area contributed by atoms with E-state index in [1.165, 1.54) is 25.7 Å². The van der Waals surface area contributed by atoms with Gasteiger partial charge < -0.3 is 0 Å². The summed E-state index contributed by atoms with van der Waals surface area (Å²) < 4.78 is 0. The molecule has 3 rings (SSSR count). The highest BCUT2D eigenvalue weighted by Gasteiger charge is 2.45. The topological polar surface area (TPSA) is 0 Å². The minimum Gasteiger partial charge on any atom is -0.0882 e. The van der Waals surface area contributed by atoms with Crippen molar-refractivity contribution >= 4 is 0 Å². The highest BCUT2D eigenvalue weighted by Crippen LogP contribution is 2.52. The zero-order chi connectivity index (χ0) is 9.54. The van der Waals surface area contributed by atoms with Gasteiger partial charge in [-0.25, -0.2) is 0 Å². The van der Waals surface area contributed by atoms with Gasteiger partial charge in [0.1, 0.15) is 0 Å². The molecule has 5 atom stereocenters. The van der Waals surface area contributed by atoms with Crippen molar-refractivity contribution in [2.24, 2.45) is 29.6 Å². The minimum absolute atomic E-state index is 0.889. The lowest BCUT2D eigenvalue weighted by molar-refractivity contribution is 0.238. The summed E-state index contributed by atoms with van der Waals surface area (Å²) in [4.78, 5) is 0. The largest absolute Gasteiger partial charge is 0.0882 e. The Labute approximate surface area is 87.1 Å². The van der Waals surface area contributed by atoms with Crippen LogP contribution >= 0.6 is 0 Å². The first-order chi connectivity index (χ1) is 6.86. The van der Waals surface area contributed by atoms with Gasteiger partial charge in [0.2, 0.25) is 0 Å². The number of hydrogen-bond donors (Lipinski definition) is 0. The minimum atomic E-state index is 0.889. The van der Waals surface area contributed by atoms with Crippen LogP contribution in [0.15, 0.2) is 24.3 Å². The zero-order valence-electron chi connectivity index (χ0n) is 9.02. The van der Waals surface area contributed by atoms with Crippen molar-refractivity contribution in [3.63, 3.8) is 0 Å². The maximum absolute atomic E-state index is 2.54. The highest BCUT2D eigenvalue weighted by atomic mass is 14.5. The monoisotopic (exact) mass is 188 g/mol. The summed E-state index contributed by atoms with van der Waals surface area (Å²) in [5.41, 5.74) is 0. The summed E-state index contributed by atoms with van der Waals surface area (Å²) in [5.74, 6) is 4.62. The fraction of sp³-hybridized carbons (Fsp3) is 0.714. The summed E-state index contributed by atoms with van der Waals surface area (Å²) in [5, 5.41) is 0. The van der Waals surface area contributed by atoms with Gasteiger partial charge in [-0.1, -0.05) is 37.6 Å². The quantitative estimate of drug-likeness (QED) is 0.507. The molecule has 0 N–H and O–H groups in total. The van der Waals surface area contributed by atoms with E-state index in [0.717, 1.165) is 29.6 Å². The SMILES string of the molecule is CC1CCC/C=C\C2C3C=CC(C3)C12. The van der Waals surface area contributed by atoms with Crippen LogP contribution < -0.4 is 0 Å². The van der Waals surface area contributed by atoms with Gasteiger partial charge in [-0.2, -0.15) is 0 Å². The molecule has 1 fully saturated rings. The van der Waals surface area contributed by atoms with Gasteiger partial charge in [-0.05, 0) is 48.9 Å². The molecule has 14 heavy (non-hydrogen) atoms. The van der Waals surface area contributed by atoms with Gasteiger partial charge in [0.05, 0.1) is 0 Å². The van der Waals surface area contributed by atoms with Crippen LogP contribution in [0.1, 0.15) is 32.6 Å². The normalized spacial score (nSPS) is 52.5. The molecule has 1 saturated carbocycles. The van der Waals surface area contributed by atoms with E-state index >= 15 is 0 Å². The molecule has 0 spiro atoms. The summed E-state index contributed by atoms with van der Waals surface area (Å²) >= 11 is 0. The molecule has 0 aromatic heterocycles. The average Bonchev–Trinajstić information content (AvgIpc) is 2.72. The molecule has 76 valence electrons. The van der Waals surface area contributed by atoms with E-state index in [1.807, 2.05) is 0 Å². The molecular weight excluding hydrogens is 168 g/mol. The van der Waals surface area contributed by atoms with Gasteiger partial charge in [0, 0.05) is 0 Å². The van der Waals surface area contributed by atoms with Crippen LogP contribution in [0.4, 0.5) is 0 Å². The van der Waals surface area contributed by atoms with E-state index in [0.29, 0.717) is 0 Å². The van der Waals surface area contributed by atoms with Crippen molar-refractivity contribution in [2.45, 2.75) is 32.6 Å². The molecule has 0 radical (unpaired) electrons. The molecule has 3 aliphatic carbocycles. The second-order valence-electron chi connectivity index (χ2n) is 5.44. The first-order valence-corrected chi connectivity index (χ1v) is 6.21. The van der Waals surface area contributed by atoms with Crippen LogP contribution in [0.3, 0.4) is 0 Å². The molecular formula is C14H20. The van der Waals surface area contributed by atoms with Crippen molar-refractivity contribution in [3.8, 4) is 0 Å². The summed E-state index contributed by atoms with van der Waals surface area (Å²) in [7, 11) is 0. The standard InChI is InChI=1S/C14H20/c1-10-5-3-2-4-6-13-11-7-8-12(9-11)14(10)13/h4,6-8,10-14H,2-3,5,9H2,1H3/b6-4-. The lowest BCUT2D eigenvalue weighted by atomic mass is 9.73. The van der Waals surface area contributed by atoms with Crippen LogP contribution in [0, 0.1) is 29.6 Å². The third-order valence-electron chi connectivity index (χ3n) is 4.63. The Balaban J connectivity index is 1.92. The van der Waals surface area contributed by atoms with E-state index in [2.05, 4.69) is 31.2 Å². The van der Waals surface area contributed by atoms with Crippen LogP contribution in [-0.4, -0.2) is 0 Å². The zero-order valence-corrected chi connectivity index (χ0v) is 9.02. The second kappa shape index (κ2) is 3.25. The molecule has 0 heteroatoms. The lowest BCUT2D eigenvalue weighted by Gasteiger charge is -2.32. The van der Waals surface area contributed by atoms with Crippen LogP contribution in [0.25, 0.3) is 0 Å². The Bertz CT molecular complexity index is 274. The van der Waals surface area contributed by atoms with Crippen molar-refractivity contribution in [1.82, 2.24) is 0 Å². The first-order valence-electron chi connectivity index (χ1n) is 6.21. The number of rotatable bonds is 0. The van der Waals surface area contributed by atoms with Gasteiger partial charge in [-0.3, -0.25) is 0 Å². The fourth-order valence-corrected chi connectivity index (χ4v) is 3.97. The molecule has 2 bridgehead atoms. The summed E-state index contributed by atoms with van der Waals surface area (Å²) in [6.07, 6.45) is 15.6. The van der Waals surface area contributed by atoms with Crippen LogP contribution in [-0.2, 0) is 0 Å². The van der Waals surface area contributed by atoms with E-state index in [4.69, 9.17) is 0 Å². The van der Waals surface area contributed by atoms with Gasteiger partial charge in [0.15, 0.2) is 0 Å². The average molecular weight is 188 g/mol. The van der Waals surface area contributed by atoms with Crippen LogP contribution in [0.2, 0.25) is 0 Å². The Morgan fingerprint density at radius 1 is 1.07 bits per heavy atom. The molecule has 5 unspecified atom stereocenters. The predicted octanol–water partition coefficient (Wildman–Crippen LogP) is 3.80. The molecule has 0 aromatic carbocycles. The maximum atomic E-state index is 2.54. The van der Waals surface area contributed by atoms with E-state index < -0.39 is 0 Å². The second-order valence-corrected chi connectivity index (χ2v) is 5.44. The fourth-order valence-electron chi connectivity index (χ4n) is 3.97. The maximum Gasteiger partial charge on any atom is -0.0134 e. The molecule has 0 amide bonds. The summed E-state index contributed by atoms with van der Waals surface area (Å²) in [6, 6.07) is 0. The summed E-state index contributed by atoms with van der Waals surface area (Å²) in [6.45, 7) is 2.48. The Morgan fingerprint density at radius 2 is 1.93 bits per heavy atom. The highest BCUT2D eigenvalue weighted by molar-refractivity contribution is 5.18. The van der Waals surface area contributed by atoms with Gasteiger partial charge >= 0.3 is 0 Å². The van der Waals surface area contributed by atoms with Crippen molar-refractivity contribution in [2.75, 3.05) is 0 Å². The Hall–Kier alpha value is -0.520. The van der Waals surface area contributed by atoms with E-state index in [-0.39, 0.29) is 0 Å². The van der Waals surface area contributed by atoms with Gasteiger partial charge in [0.25, 0.3) is 0 Å². The molecule has 0 nitrogen and oxygen atoms in total. The Kier molecular flexibility index (Phi) is 2.04. The molecule has 0 aromatic rings. The third kappa shape index (κ3) is 1.20. The molecule has 0 aliphatic heterocycles. The Morgan fingerprint density at radius 3 is 2.86 bits per heavy atom. The number of fused-ring (bicyclic) bond motifs is 5. The third-order valence-corrected chi connectivity index (χ3v) is 4.63. The van der Waals surface area contributed by atoms with Crippen molar-refractivity contribution in [3.05, 3.63) is 24.3 Å². The van der Waals surface area contributed by atoms with E-state index in [1.54, 1.807) is 0 Å². The number of hydrogen-bond acceptors (Lipinski definition) is 0.